The molecule has 1 saturated carbocycles. The first-order valence-corrected chi connectivity index (χ1v) is 4.52. The van der Waals surface area contributed by atoms with Gasteiger partial charge in [-0.1, -0.05) is 0 Å². The Morgan fingerprint density at radius 3 is 2.36 bits per heavy atom. The first kappa shape index (κ1) is 8.72. The summed E-state index contributed by atoms with van der Waals surface area (Å²) in [6.07, 6.45) is 6.85. The zero-order chi connectivity index (χ0) is 8.10. The van der Waals surface area contributed by atoms with Crippen LogP contribution in [0.1, 0.15) is 32.1 Å². The van der Waals surface area contributed by atoms with E-state index in [1.165, 1.54) is 12.8 Å². The molecule has 1 rings (SSSR count). The molecule has 0 saturated heterocycles. The molecule has 64 valence electrons. The minimum atomic E-state index is 0.351. The van der Waals surface area contributed by atoms with Crippen LogP contribution in [-0.4, -0.2) is 12.8 Å². The van der Waals surface area contributed by atoms with Crippen molar-refractivity contribution >= 4 is 6.29 Å². The lowest BCUT2D eigenvalue weighted by molar-refractivity contribution is -0.112. The van der Waals surface area contributed by atoms with E-state index in [0.717, 1.165) is 38.0 Å². The second-order valence-electron chi connectivity index (χ2n) is 3.49. The lowest BCUT2D eigenvalue weighted by Gasteiger charge is -2.24. The van der Waals surface area contributed by atoms with E-state index in [1.807, 2.05) is 0 Å². The molecule has 1 aliphatic rings. The average molecular weight is 155 g/mol. The van der Waals surface area contributed by atoms with Crippen LogP contribution >= 0.6 is 0 Å². The number of carbonyl (C=O) groups is 1. The van der Waals surface area contributed by atoms with Crippen LogP contribution in [-0.2, 0) is 4.79 Å². The highest BCUT2D eigenvalue weighted by molar-refractivity contribution is 5.53. The van der Waals surface area contributed by atoms with E-state index in [-0.39, 0.29) is 0 Å². The molecular weight excluding hydrogens is 138 g/mol. The van der Waals surface area contributed by atoms with Crippen molar-refractivity contribution in [3.63, 3.8) is 0 Å². The Morgan fingerprint density at radius 1 is 1.27 bits per heavy atom. The van der Waals surface area contributed by atoms with Gasteiger partial charge >= 0.3 is 0 Å². The highest BCUT2D eigenvalue weighted by Gasteiger charge is 2.19. The normalized spacial score (nSPS) is 31.7. The monoisotopic (exact) mass is 155 g/mol. The Labute approximate surface area is 68.2 Å². The molecule has 1 aliphatic carbocycles. The lowest BCUT2D eigenvalue weighted by Crippen LogP contribution is -2.17. The van der Waals surface area contributed by atoms with Gasteiger partial charge in [-0.3, -0.25) is 0 Å². The van der Waals surface area contributed by atoms with Gasteiger partial charge in [-0.15, -0.1) is 0 Å². The molecule has 0 aromatic heterocycles. The summed E-state index contributed by atoms with van der Waals surface area (Å²) in [4.78, 5) is 10.4. The molecule has 0 unspecified atom stereocenters. The highest BCUT2D eigenvalue weighted by Crippen LogP contribution is 2.28. The summed E-state index contributed by atoms with van der Waals surface area (Å²) in [7, 11) is 0. The molecule has 0 heterocycles. The molecule has 2 heteroatoms. The van der Waals surface area contributed by atoms with Crippen molar-refractivity contribution in [1.29, 1.82) is 0 Å². The van der Waals surface area contributed by atoms with E-state index in [4.69, 9.17) is 5.73 Å². The SMILES string of the molecule is NCCC1CCC(C=O)CC1. The topological polar surface area (TPSA) is 43.1 Å². The summed E-state index contributed by atoms with van der Waals surface area (Å²) in [5.41, 5.74) is 5.46. The molecule has 0 aliphatic heterocycles. The van der Waals surface area contributed by atoms with Gasteiger partial charge in [0.2, 0.25) is 0 Å². The van der Waals surface area contributed by atoms with Gasteiger partial charge in [-0.2, -0.15) is 0 Å². The maximum Gasteiger partial charge on any atom is 0.123 e. The second kappa shape index (κ2) is 4.50. The van der Waals surface area contributed by atoms with Gasteiger partial charge in [0.05, 0.1) is 0 Å². The van der Waals surface area contributed by atoms with Crippen LogP contribution in [0.2, 0.25) is 0 Å². The minimum Gasteiger partial charge on any atom is -0.330 e. The van der Waals surface area contributed by atoms with Crippen LogP contribution in [0.5, 0.6) is 0 Å². The molecule has 0 aromatic carbocycles. The molecule has 0 spiro atoms. The number of hydrogen-bond donors (Lipinski definition) is 1. The van der Waals surface area contributed by atoms with Gasteiger partial charge in [0.15, 0.2) is 0 Å². The van der Waals surface area contributed by atoms with Crippen LogP contribution in [0.3, 0.4) is 0 Å². The molecule has 0 aromatic rings. The molecule has 2 nitrogen and oxygen atoms in total. The third kappa shape index (κ3) is 2.62. The molecule has 2 N–H and O–H groups in total. The van der Waals surface area contributed by atoms with E-state index in [9.17, 15) is 4.79 Å². The smallest absolute Gasteiger partial charge is 0.123 e. The Hall–Kier alpha value is -0.370. The largest absolute Gasteiger partial charge is 0.330 e. The van der Waals surface area contributed by atoms with Gasteiger partial charge in [0.25, 0.3) is 0 Å². The zero-order valence-electron chi connectivity index (χ0n) is 6.96. The number of nitrogens with two attached hydrogens (primary N) is 1. The lowest BCUT2D eigenvalue weighted by atomic mass is 9.81. The van der Waals surface area contributed by atoms with Crippen LogP contribution in [0, 0.1) is 11.8 Å². The summed E-state index contributed by atoms with van der Waals surface area (Å²) < 4.78 is 0. The summed E-state index contributed by atoms with van der Waals surface area (Å²) in [5, 5.41) is 0. The fourth-order valence-corrected chi connectivity index (χ4v) is 1.85. The van der Waals surface area contributed by atoms with E-state index in [1.54, 1.807) is 0 Å². The molecular formula is C9H17NO. The summed E-state index contributed by atoms with van der Waals surface area (Å²) in [5.74, 6) is 1.15. The Morgan fingerprint density at radius 2 is 1.91 bits per heavy atom. The van der Waals surface area contributed by atoms with Gasteiger partial charge in [-0.05, 0) is 44.6 Å². The maximum absolute atomic E-state index is 10.4. The van der Waals surface area contributed by atoms with Gasteiger partial charge in [0, 0.05) is 5.92 Å². The van der Waals surface area contributed by atoms with Crippen molar-refractivity contribution in [2.24, 2.45) is 17.6 Å². The van der Waals surface area contributed by atoms with E-state index in [2.05, 4.69) is 0 Å². The summed E-state index contributed by atoms with van der Waals surface area (Å²) >= 11 is 0. The molecule has 0 radical (unpaired) electrons. The fourth-order valence-electron chi connectivity index (χ4n) is 1.85. The molecule has 0 bridgehead atoms. The van der Waals surface area contributed by atoms with Crippen LogP contribution < -0.4 is 5.73 Å². The quantitative estimate of drug-likeness (QED) is 0.625. The van der Waals surface area contributed by atoms with Crippen LogP contribution in [0.4, 0.5) is 0 Å². The molecule has 1 fully saturated rings. The van der Waals surface area contributed by atoms with Crippen molar-refractivity contribution in [1.82, 2.24) is 0 Å². The van der Waals surface area contributed by atoms with Gasteiger partial charge < -0.3 is 10.5 Å². The van der Waals surface area contributed by atoms with Crippen molar-refractivity contribution in [3.05, 3.63) is 0 Å². The van der Waals surface area contributed by atoms with E-state index < -0.39 is 0 Å². The molecule has 0 amide bonds. The summed E-state index contributed by atoms with van der Waals surface area (Å²) in [6.45, 7) is 0.802. The van der Waals surface area contributed by atoms with Crippen molar-refractivity contribution in [3.8, 4) is 0 Å². The first-order chi connectivity index (χ1) is 5.36. The highest BCUT2D eigenvalue weighted by atomic mass is 16.1. The number of aldehydes is 1. The van der Waals surface area contributed by atoms with E-state index >= 15 is 0 Å². The van der Waals surface area contributed by atoms with Gasteiger partial charge in [0.1, 0.15) is 6.29 Å². The number of hydrogen-bond acceptors (Lipinski definition) is 2. The van der Waals surface area contributed by atoms with Crippen molar-refractivity contribution < 1.29 is 4.79 Å². The van der Waals surface area contributed by atoms with Crippen molar-refractivity contribution in [2.45, 2.75) is 32.1 Å². The van der Waals surface area contributed by atoms with Crippen LogP contribution in [0.25, 0.3) is 0 Å². The Bertz CT molecular complexity index is 117. The van der Waals surface area contributed by atoms with Gasteiger partial charge in [-0.25, -0.2) is 0 Å². The Balaban J connectivity index is 2.18. The van der Waals surface area contributed by atoms with Crippen molar-refractivity contribution in [2.75, 3.05) is 6.54 Å². The van der Waals surface area contributed by atoms with E-state index in [0.29, 0.717) is 5.92 Å². The average Bonchev–Trinajstić information content (AvgIpc) is 2.07. The number of rotatable bonds is 3. The predicted molar refractivity (Wildman–Crippen MR) is 45.2 cm³/mol. The zero-order valence-corrected chi connectivity index (χ0v) is 6.96. The second-order valence-corrected chi connectivity index (χ2v) is 3.49. The number of carbonyl (C=O) groups excluding carboxylic acids is 1. The third-order valence-electron chi connectivity index (χ3n) is 2.66. The fraction of sp³-hybridized carbons (Fsp3) is 0.889. The molecule has 0 atom stereocenters. The maximum atomic E-state index is 10.4. The predicted octanol–water partition coefficient (Wildman–Crippen LogP) is 1.34. The van der Waals surface area contributed by atoms with Crippen LogP contribution in [0.15, 0.2) is 0 Å². The molecule has 11 heavy (non-hydrogen) atoms. The standard InChI is InChI=1S/C9H17NO/c10-6-5-8-1-3-9(7-11)4-2-8/h7-9H,1-6,10H2. The third-order valence-corrected chi connectivity index (χ3v) is 2.66. The summed E-state index contributed by atoms with van der Waals surface area (Å²) in [6, 6.07) is 0. The minimum absolute atomic E-state index is 0.351. The first-order valence-electron chi connectivity index (χ1n) is 4.52. The Kier molecular flexibility index (Phi) is 3.57.